The molecule has 0 saturated heterocycles. The summed E-state index contributed by atoms with van der Waals surface area (Å²) in [5.74, 6) is 1.24. The Morgan fingerprint density at radius 3 is 2.47 bits per heavy atom. The second kappa shape index (κ2) is 4.42. The zero-order chi connectivity index (χ0) is 11.6. The van der Waals surface area contributed by atoms with E-state index >= 15 is 0 Å². The van der Waals surface area contributed by atoms with Crippen LogP contribution in [0.4, 0.5) is 0 Å². The summed E-state index contributed by atoms with van der Waals surface area (Å²) in [7, 11) is 0. The molecule has 15 heavy (non-hydrogen) atoms. The molecule has 1 N–H and O–H groups in total. The fourth-order valence-corrected chi connectivity index (χ4v) is 2.25. The first-order valence-electron chi connectivity index (χ1n) is 5.88. The van der Waals surface area contributed by atoms with Crippen molar-refractivity contribution in [3.63, 3.8) is 0 Å². The first-order valence-corrected chi connectivity index (χ1v) is 5.88. The molecule has 0 spiro atoms. The van der Waals surface area contributed by atoms with Crippen LogP contribution in [0.5, 0.6) is 0 Å². The van der Waals surface area contributed by atoms with Crippen LogP contribution in [0.1, 0.15) is 53.9 Å². The average molecular weight is 208 g/mol. The topological polar surface area (TPSA) is 20.2 Å². The largest absolute Gasteiger partial charge is 0.513 e. The summed E-state index contributed by atoms with van der Waals surface area (Å²) in [6.07, 6.45) is 5.79. The molecule has 0 aromatic heterocycles. The van der Waals surface area contributed by atoms with Crippen LogP contribution in [0.3, 0.4) is 0 Å². The third-order valence-electron chi connectivity index (χ3n) is 4.23. The van der Waals surface area contributed by atoms with Gasteiger partial charge in [0.1, 0.15) is 0 Å². The molecule has 0 aromatic carbocycles. The maximum Gasteiger partial charge on any atom is 0.0880 e. The quantitative estimate of drug-likeness (QED) is 0.530. The van der Waals surface area contributed by atoms with E-state index in [9.17, 15) is 5.11 Å². The summed E-state index contributed by atoms with van der Waals surface area (Å²) in [5.41, 5.74) is 3.01. The van der Waals surface area contributed by atoms with Crippen molar-refractivity contribution in [2.75, 3.05) is 0 Å². The van der Waals surface area contributed by atoms with Gasteiger partial charge in [0.25, 0.3) is 0 Å². The van der Waals surface area contributed by atoms with Gasteiger partial charge in [-0.1, -0.05) is 25.5 Å². The lowest BCUT2D eigenvalue weighted by Crippen LogP contribution is -2.20. The Kier molecular flexibility index (Phi) is 3.64. The fraction of sp³-hybridized carbons (Fsp3) is 0.714. The minimum Gasteiger partial charge on any atom is -0.513 e. The molecule has 0 saturated carbocycles. The predicted octanol–water partition coefficient (Wildman–Crippen LogP) is 4.61. The third-order valence-corrected chi connectivity index (χ3v) is 4.23. The maximum absolute atomic E-state index is 9.34. The van der Waals surface area contributed by atoms with Gasteiger partial charge >= 0.3 is 0 Å². The number of aliphatic hydroxyl groups is 1. The fourth-order valence-electron chi connectivity index (χ4n) is 2.25. The molecule has 0 aromatic rings. The Bertz CT molecular complexity index is 290. The SMILES string of the molecule is CC1=CCC(CC/C(C)=C(/C)O)C1(C)C. The number of allylic oxidation sites excluding steroid dienone is 4. The van der Waals surface area contributed by atoms with Crippen molar-refractivity contribution in [1.29, 1.82) is 0 Å². The van der Waals surface area contributed by atoms with E-state index in [1.165, 1.54) is 18.4 Å². The van der Waals surface area contributed by atoms with Gasteiger partial charge in [0, 0.05) is 0 Å². The minimum atomic E-state index is 0.351. The lowest BCUT2D eigenvalue weighted by molar-refractivity contribution is 0.273. The van der Waals surface area contributed by atoms with Crippen LogP contribution in [0.25, 0.3) is 0 Å². The number of hydrogen-bond acceptors (Lipinski definition) is 1. The molecular formula is C14H24O. The van der Waals surface area contributed by atoms with Crippen molar-refractivity contribution >= 4 is 0 Å². The predicted molar refractivity (Wildman–Crippen MR) is 65.9 cm³/mol. The highest BCUT2D eigenvalue weighted by Gasteiger charge is 2.34. The van der Waals surface area contributed by atoms with Crippen molar-refractivity contribution in [2.24, 2.45) is 11.3 Å². The molecule has 0 heterocycles. The van der Waals surface area contributed by atoms with E-state index in [0.717, 1.165) is 17.9 Å². The first-order chi connectivity index (χ1) is 6.85. The monoisotopic (exact) mass is 208 g/mol. The minimum absolute atomic E-state index is 0.351. The van der Waals surface area contributed by atoms with E-state index in [2.05, 4.69) is 26.8 Å². The maximum atomic E-state index is 9.34. The standard InChI is InChI=1S/C14H24O/c1-10(12(3)15)6-8-13-9-7-11(2)14(13,4)5/h7,13,15H,6,8-9H2,1-5H3/b12-10-. The molecule has 1 rings (SSSR count). The summed E-state index contributed by atoms with van der Waals surface area (Å²) < 4.78 is 0. The molecule has 0 amide bonds. The molecule has 1 unspecified atom stereocenters. The zero-order valence-corrected chi connectivity index (χ0v) is 10.7. The van der Waals surface area contributed by atoms with Gasteiger partial charge in [-0.15, -0.1) is 0 Å². The molecule has 1 atom stereocenters. The van der Waals surface area contributed by atoms with E-state index in [1.807, 2.05) is 6.92 Å². The van der Waals surface area contributed by atoms with Gasteiger partial charge in [-0.25, -0.2) is 0 Å². The van der Waals surface area contributed by atoms with Crippen molar-refractivity contribution in [3.05, 3.63) is 23.0 Å². The van der Waals surface area contributed by atoms with Gasteiger partial charge in [-0.3, -0.25) is 0 Å². The van der Waals surface area contributed by atoms with Crippen molar-refractivity contribution in [3.8, 4) is 0 Å². The summed E-state index contributed by atoms with van der Waals surface area (Å²) in [4.78, 5) is 0. The van der Waals surface area contributed by atoms with Crippen LogP contribution in [0.2, 0.25) is 0 Å². The number of hydrogen-bond donors (Lipinski definition) is 1. The summed E-state index contributed by atoms with van der Waals surface area (Å²) in [6, 6.07) is 0. The molecule has 1 nitrogen and oxygen atoms in total. The van der Waals surface area contributed by atoms with Crippen LogP contribution in [0.15, 0.2) is 23.0 Å². The number of aliphatic hydroxyl groups excluding tert-OH is 1. The lowest BCUT2D eigenvalue weighted by Gasteiger charge is -2.29. The Morgan fingerprint density at radius 1 is 1.47 bits per heavy atom. The highest BCUT2D eigenvalue weighted by molar-refractivity contribution is 5.18. The number of rotatable bonds is 3. The van der Waals surface area contributed by atoms with E-state index in [-0.39, 0.29) is 0 Å². The highest BCUT2D eigenvalue weighted by atomic mass is 16.3. The van der Waals surface area contributed by atoms with Gasteiger partial charge < -0.3 is 5.11 Å². The van der Waals surface area contributed by atoms with E-state index in [0.29, 0.717) is 11.2 Å². The summed E-state index contributed by atoms with van der Waals surface area (Å²) in [5, 5.41) is 9.34. The molecule has 0 fully saturated rings. The van der Waals surface area contributed by atoms with Crippen LogP contribution in [0, 0.1) is 11.3 Å². The van der Waals surface area contributed by atoms with Crippen LogP contribution in [-0.2, 0) is 0 Å². The summed E-state index contributed by atoms with van der Waals surface area (Å²) in [6.45, 7) is 10.7. The molecular weight excluding hydrogens is 184 g/mol. The van der Waals surface area contributed by atoms with E-state index in [1.54, 1.807) is 6.92 Å². The molecule has 1 aliphatic rings. The molecule has 1 heteroatoms. The van der Waals surface area contributed by atoms with E-state index < -0.39 is 0 Å². The second-order valence-electron chi connectivity index (χ2n) is 5.45. The Labute approximate surface area is 93.9 Å². The summed E-state index contributed by atoms with van der Waals surface area (Å²) >= 11 is 0. The lowest BCUT2D eigenvalue weighted by atomic mass is 9.75. The van der Waals surface area contributed by atoms with Crippen molar-refractivity contribution in [2.45, 2.75) is 53.9 Å². The first kappa shape index (κ1) is 12.4. The average Bonchev–Trinajstić information content (AvgIpc) is 2.39. The molecule has 0 aliphatic heterocycles. The van der Waals surface area contributed by atoms with Gasteiger partial charge in [0.05, 0.1) is 5.76 Å². The van der Waals surface area contributed by atoms with Gasteiger partial charge in [-0.2, -0.15) is 0 Å². The van der Waals surface area contributed by atoms with Gasteiger partial charge in [0.2, 0.25) is 0 Å². The smallest absolute Gasteiger partial charge is 0.0880 e. The molecule has 1 aliphatic carbocycles. The Balaban J connectivity index is 2.53. The van der Waals surface area contributed by atoms with Crippen LogP contribution < -0.4 is 0 Å². The van der Waals surface area contributed by atoms with Crippen LogP contribution in [-0.4, -0.2) is 5.11 Å². The Hall–Kier alpha value is -0.720. The third kappa shape index (κ3) is 2.64. The second-order valence-corrected chi connectivity index (χ2v) is 5.45. The zero-order valence-electron chi connectivity index (χ0n) is 10.7. The molecule has 0 bridgehead atoms. The van der Waals surface area contributed by atoms with Gasteiger partial charge in [-0.05, 0) is 56.9 Å². The highest BCUT2D eigenvalue weighted by Crippen LogP contribution is 2.45. The van der Waals surface area contributed by atoms with Gasteiger partial charge in [0.15, 0.2) is 0 Å². The van der Waals surface area contributed by atoms with E-state index in [4.69, 9.17) is 0 Å². The van der Waals surface area contributed by atoms with Crippen LogP contribution >= 0.6 is 0 Å². The Morgan fingerprint density at radius 2 is 2.07 bits per heavy atom. The normalized spacial score (nSPS) is 26.2. The molecule has 0 radical (unpaired) electrons. The molecule has 86 valence electrons. The van der Waals surface area contributed by atoms with Crippen molar-refractivity contribution in [1.82, 2.24) is 0 Å². The van der Waals surface area contributed by atoms with Crippen molar-refractivity contribution < 1.29 is 5.11 Å².